The minimum Gasteiger partial charge on any atom is -0.324 e. The third kappa shape index (κ3) is 1.72. The maximum Gasteiger partial charge on any atom is 0.147 e. The van der Waals surface area contributed by atoms with Crippen molar-refractivity contribution in [2.45, 2.75) is 19.9 Å². The number of nitrogens with two attached hydrogens (primary N) is 1. The summed E-state index contributed by atoms with van der Waals surface area (Å²) in [5, 5.41) is 0. The first-order valence-electron chi connectivity index (χ1n) is 5.15. The van der Waals surface area contributed by atoms with Gasteiger partial charge in [0.1, 0.15) is 11.6 Å². The van der Waals surface area contributed by atoms with Gasteiger partial charge in [-0.2, -0.15) is 0 Å². The zero-order valence-corrected chi connectivity index (χ0v) is 9.31. The van der Waals surface area contributed by atoms with E-state index in [0.717, 1.165) is 11.4 Å². The van der Waals surface area contributed by atoms with Gasteiger partial charge in [0, 0.05) is 18.4 Å². The zero-order valence-electron chi connectivity index (χ0n) is 9.31. The molecule has 0 bridgehead atoms. The van der Waals surface area contributed by atoms with Gasteiger partial charge < -0.3 is 10.3 Å². The standard InChI is InChI=1S/C12H14FN3/c1-8(14)10-4-3-5-11(13)12(10)16-7-6-15-9(16)2/h3-8H,14H2,1-2H3. The quantitative estimate of drug-likeness (QED) is 0.842. The highest BCUT2D eigenvalue weighted by Crippen LogP contribution is 2.24. The highest BCUT2D eigenvalue weighted by molar-refractivity contribution is 5.44. The molecule has 1 atom stereocenters. The van der Waals surface area contributed by atoms with Gasteiger partial charge >= 0.3 is 0 Å². The molecule has 1 aromatic carbocycles. The lowest BCUT2D eigenvalue weighted by Crippen LogP contribution is -2.11. The molecular weight excluding hydrogens is 205 g/mol. The Kier molecular flexibility index (Phi) is 2.75. The van der Waals surface area contributed by atoms with Gasteiger partial charge in [-0.15, -0.1) is 0 Å². The summed E-state index contributed by atoms with van der Waals surface area (Å²) in [6.45, 7) is 3.67. The number of hydrogen-bond donors (Lipinski definition) is 1. The molecule has 84 valence electrons. The van der Waals surface area contributed by atoms with Crippen molar-refractivity contribution in [3.8, 4) is 5.69 Å². The van der Waals surface area contributed by atoms with E-state index in [9.17, 15) is 4.39 Å². The van der Waals surface area contributed by atoms with Crippen LogP contribution in [0, 0.1) is 12.7 Å². The molecule has 1 aromatic heterocycles. The van der Waals surface area contributed by atoms with Crippen LogP contribution < -0.4 is 5.73 Å². The third-order valence-corrected chi connectivity index (χ3v) is 2.58. The molecular formula is C12H14FN3. The Balaban J connectivity index is 2.68. The Hall–Kier alpha value is -1.68. The molecule has 0 aliphatic carbocycles. The van der Waals surface area contributed by atoms with Crippen LogP contribution in [0.2, 0.25) is 0 Å². The second kappa shape index (κ2) is 4.06. The predicted octanol–water partition coefficient (Wildman–Crippen LogP) is 2.34. The van der Waals surface area contributed by atoms with Gasteiger partial charge in [-0.25, -0.2) is 9.37 Å². The fourth-order valence-corrected chi connectivity index (χ4v) is 1.77. The lowest BCUT2D eigenvalue weighted by Gasteiger charge is -2.15. The number of aryl methyl sites for hydroxylation is 1. The average molecular weight is 219 g/mol. The fraction of sp³-hybridized carbons (Fsp3) is 0.250. The molecule has 0 saturated carbocycles. The number of hydrogen-bond acceptors (Lipinski definition) is 2. The number of halogens is 1. The number of para-hydroxylation sites is 1. The van der Waals surface area contributed by atoms with Gasteiger partial charge in [0.25, 0.3) is 0 Å². The molecule has 2 N–H and O–H groups in total. The minimum absolute atomic E-state index is 0.215. The third-order valence-electron chi connectivity index (χ3n) is 2.58. The summed E-state index contributed by atoms with van der Waals surface area (Å²) in [6, 6.07) is 4.72. The van der Waals surface area contributed by atoms with Gasteiger partial charge in [0.15, 0.2) is 0 Å². The summed E-state index contributed by atoms with van der Waals surface area (Å²) < 4.78 is 15.6. The summed E-state index contributed by atoms with van der Waals surface area (Å²) in [7, 11) is 0. The Morgan fingerprint density at radius 3 is 2.75 bits per heavy atom. The van der Waals surface area contributed by atoms with E-state index in [4.69, 9.17) is 5.73 Å². The summed E-state index contributed by atoms with van der Waals surface area (Å²) in [5.41, 5.74) is 7.11. The molecule has 0 aliphatic heterocycles. The first-order valence-corrected chi connectivity index (χ1v) is 5.15. The van der Waals surface area contributed by atoms with Gasteiger partial charge in [-0.3, -0.25) is 0 Å². The fourth-order valence-electron chi connectivity index (χ4n) is 1.77. The largest absolute Gasteiger partial charge is 0.324 e. The van der Waals surface area contributed by atoms with Crippen LogP contribution in [-0.4, -0.2) is 9.55 Å². The van der Waals surface area contributed by atoms with Gasteiger partial charge in [0.05, 0.1) is 5.69 Å². The van der Waals surface area contributed by atoms with Crippen LogP contribution in [0.25, 0.3) is 5.69 Å². The van der Waals surface area contributed by atoms with Crippen molar-refractivity contribution in [3.63, 3.8) is 0 Å². The van der Waals surface area contributed by atoms with Gasteiger partial charge in [-0.05, 0) is 25.5 Å². The van der Waals surface area contributed by atoms with Crippen LogP contribution in [0.3, 0.4) is 0 Å². The molecule has 4 heteroatoms. The second-order valence-electron chi connectivity index (χ2n) is 3.81. The SMILES string of the molecule is Cc1nccn1-c1c(F)cccc1C(C)N. The van der Waals surface area contributed by atoms with Crippen LogP contribution in [0.15, 0.2) is 30.6 Å². The normalized spacial score (nSPS) is 12.8. The summed E-state index contributed by atoms with van der Waals surface area (Å²) in [5.74, 6) is 0.461. The van der Waals surface area contributed by atoms with E-state index in [-0.39, 0.29) is 11.9 Å². The molecule has 2 aromatic rings. The molecule has 2 rings (SSSR count). The molecule has 0 fully saturated rings. The Bertz CT molecular complexity index is 503. The van der Waals surface area contributed by atoms with E-state index >= 15 is 0 Å². The lowest BCUT2D eigenvalue weighted by atomic mass is 10.1. The molecule has 1 unspecified atom stereocenters. The van der Waals surface area contributed by atoms with Crippen LogP contribution in [0.4, 0.5) is 4.39 Å². The van der Waals surface area contributed by atoms with Crippen molar-refractivity contribution in [2.75, 3.05) is 0 Å². The summed E-state index contributed by atoms with van der Waals surface area (Å²) in [4.78, 5) is 4.09. The van der Waals surface area contributed by atoms with E-state index in [1.54, 1.807) is 23.0 Å². The Morgan fingerprint density at radius 1 is 1.44 bits per heavy atom. The van der Waals surface area contributed by atoms with Crippen molar-refractivity contribution in [1.82, 2.24) is 9.55 Å². The molecule has 1 heterocycles. The number of imidazole rings is 1. The minimum atomic E-state index is -0.282. The number of benzene rings is 1. The second-order valence-corrected chi connectivity index (χ2v) is 3.81. The molecule has 3 nitrogen and oxygen atoms in total. The Labute approximate surface area is 93.7 Å². The predicted molar refractivity (Wildman–Crippen MR) is 60.9 cm³/mol. The van der Waals surface area contributed by atoms with E-state index in [1.165, 1.54) is 6.07 Å². The van der Waals surface area contributed by atoms with Crippen molar-refractivity contribution in [2.24, 2.45) is 5.73 Å². The molecule has 0 amide bonds. The zero-order chi connectivity index (χ0) is 11.7. The van der Waals surface area contributed by atoms with E-state index in [2.05, 4.69) is 4.98 Å². The molecule has 0 aliphatic rings. The van der Waals surface area contributed by atoms with Crippen LogP contribution in [-0.2, 0) is 0 Å². The molecule has 0 radical (unpaired) electrons. The van der Waals surface area contributed by atoms with Crippen LogP contribution >= 0.6 is 0 Å². The van der Waals surface area contributed by atoms with Crippen molar-refractivity contribution < 1.29 is 4.39 Å². The number of aromatic nitrogens is 2. The maximum absolute atomic E-state index is 13.8. The first-order chi connectivity index (χ1) is 7.61. The van der Waals surface area contributed by atoms with Crippen LogP contribution in [0.1, 0.15) is 24.4 Å². The van der Waals surface area contributed by atoms with Gasteiger partial charge in [0.2, 0.25) is 0 Å². The van der Waals surface area contributed by atoms with E-state index < -0.39 is 0 Å². The number of rotatable bonds is 2. The number of nitrogens with zero attached hydrogens (tertiary/aromatic N) is 2. The monoisotopic (exact) mass is 219 g/mol. The van der Waals surface area contributed by atoms with Crippen LogP contribution in [0.5, 0.6) is 0 Å². The van der Waals surface area contributed by atoms with Crippen molar-refractivity contribution in [3.05, 3.63) is 47.8 Å². The molecule has 16 heavy (non-hydrogen) atoms. The topological polar surface area (TPSA) is 43.8 Å². The van der Waals surface area contributed by atoms with E-state index in [1.807, 2.05) is 19.9 Å². The Morgan fingerprint density at radius 2 is 2.19 bits per heavy atom. The van der Waals surface area contributed by atoms with Crippen molar-refractivity contribution >= 4 is 0 Å². The van der Waals surface area contributed by atoms with Crippen molar-refractivity contribution in [1.29, 1.82) is 0 Å². The highest BCUT2D eigenvalue weighted by atomic mass is 19.1. The van der Waals surface area contributed by atoms with Gasteiger partial charge in [-0.1, -0.05) is 12.1 Å². The maximum atomic E-state index is 13.8. The highest BCUT2D eigenvalue weighted by Gasteiger charge is 2.14. The molecule has 0 spiro atoms. The average Bonchev–Trinajstić information content (AvgIpc) is 2.64. The van der Waals surface area contributed by atoms with E-state index in [0.29, 0.717) is 5.69 Å². The smallest absolute Gasteiger partial charge is 0.147 e. The summed E-state index contributed by atoms with van der Waals surface area (Å²) >= 11 is 0. The lowest BCUT2D eigenvalue weighted by molar-refractivity contribution is 0.609. The summed E-state index contributed by atoms with van der Waals surface area (Å²) in [6.07, 6.45) is 3.38. The first kappa shape index (κ1) is 10.8. The molecule has 0 saturated heterocycles.